The maximum atomic E-state index is 5.47. The Morgan fingerprint density at radius 2 is 2.00 bits per heavy atom. The van der Waals surface area contributed by atoms with Crippen molar-refractivity contribution in [1.82, 2.24) is 5.32 Å². The number of fused-ring (bicyclic) bond motifs is 1. The maximum absolute atomic E-state index is 5.47. The summed E-state index contributed by atoms with van der Waals surface area (Å²) in [6.07, 6.45) is 1.03. The Balaban J connectivity index is 1.79. The van der Waals surface area contributed by atoms with Crippen LogP contribution in [0.3, 0.4) is 0 Å². The number of ether oxygens (including phenoxy) is 2. The molecular formula is C17H25NO2S. The third-order valence-electron chi connectivity index (χ3n) is 3.62. The van der Waals surface area contributed by atoms with Crippen molar-refractivity contribution >= 4 is 21.4 Å². The average molecular weight is 307 g/mol. The molecule has 1 aromatic heterocycles. The van der Waals surface area contributed by atoms with Gasteiger partial charge in [-0.05, 0) is 43.8 Å². The van der Waals surface area contributed by atoms with Gasteiger partial charge in [-0.25, -0.2) is 0 Å². The lowest BCUT2D eigenvalue weighted by Gasteiger charge is -2.13. The van der Waals surface area contributed by atoms with Crippen LogP contribution >= 0.6 is 11.3 Å². The normalized spacial score (nSPS) is 12.9. The van der Waals surface area contributed by atoms with Gasteiger partial charge in [-0.3, -0.25) is 0 Å². The summed E-state index contributed by atoms with van der Waals surface area (Å²) in [5, 5.41) is 4.97. The summed E-state index contributed by atoms with van der Waals surface area (Å²) in [6.45, 7) is 7.58. The number of thiophene rings is 1. The Morgan fingerprint density at radius 3 is 2.76 bits per heavy atom. The van der Waals surface area contributed by atoms with Crippen LogP contribution in [0.5, 0.6) is 0 Å². The largest absolute Gasteiger partial charge is 0.382 e. The van der Waals surface area contributed by atoms with Gasteiger partial charge in [-0.2, -0.15) is 0 Å². The molecule has 0 amide bonds. The van der Waals surface area contributed by atoms with E-state index < -0.39 is 0 Å². The molecule has 0 bridgehead atoms. The molecule has 0 saturated carbocycles. The smallest absolute Gasteiger partial charge is 0.0700 e. The van der Waals surface area contributed by atoms with E-state index in [-0.39, 0.29) is 0 Å². The fourth-order valence-electron chi connectivity index (χ4n) is 2.44. The summed E-state index contributed by atoms with van der Waals surface area (Å²) in [6, 6.07) is 9.02. The van der Waals surface area contributed by atoms with Crippen molar-refractivity contribution in [3.63, 3.8) is 0 Å². The van der Waals surface area contributed by atoms with E-state index in [2.05, 4.69) is 43.4 Å². The Morgan fingerprint density at radius 1 is 1.19 bits per heavy atom. The van der Waals surface area contributed by atoms with Crippen molar-refractivity contribution in [3.8, 4) is 0 Å². The highest BCUT2D eigenvalue weighted by Crippen LogP contribution is 2.34. The molecule has 1 heterocycles. The van der Waals surface area contributed by atoms with E-state index in [0.717, 1.165) is 19.6 Å². The van der Waals surface area contributed by atoms with Gasteiger partial charge in [0.15, 0.2) is 0 Å². The average Bonchev–Trinajstić information content (AvgIpc) is 2.84. The first-order chi connectivity index (χ1) is 10.2. The van der Waals surface area contributed by atoms with Gasteiger partial charge < -0.3 is 14.8 Å². The molecule has 4 heteroatoms. The number of hydrogen-bond acceptors (Lipinski definition) is 4. The highest BCUT2D eigenvalue weighted by molar-refractivity contribution is 7.19. The minimum atomic E-state index is 0.390. The topological polar surface area (TPSA) is 30.5 Å². The molecule has 0 aliphatic carbocycles. The second-order valence-electron chi connectivity index (χ2n) is 5.22. The van der Waals surface area contributed by atoms with Gasteiger partial charge in [-0.15, -0.1) is 11.3 Å². The molecule has 3 nitrogen and oxygen atoms in total. The van der Waals surface area contributed by atoms with Crippen LogP contribution in [0.15, 0.2) is 24.3 Å². The number of hydrogen-bond donors (Lipinski definition) is 1. The molecule has 0 aliphatic rings. The molecule has 0 radical (unpaired) electrons. The molecule has 1 unspecified atom stereocenters. The van der Waals surface area contributed by atoms with E-state index in [4.69, 9.17) is 9.47 Å². The number of nitrogens with one attached hydrogen (secondary N) is 1. The molecule has 1 N–H and O–H groups in total. The summed E-state index contributed by atoms with van der Waals surface area (Å²) >= 11 is 1.90. The molecule has 2 aromatic rings. The molecule has 1 aromatic carbocycles. The zero-order chi connectivity index (χ0) is 15.1. The second-order valence-corrected chi connectivity index (χ2v) is 6.31. The highest BCUT2D eigenvalue weighted by Gasteiger charge is 2.13. The van der Waals surface area contributed by atoms with Crippen LogP contribution in [-0.4, -0.2) is 33.5 Å². The minimum absolute atomic E-state index is 0.390. The van der Waals surface area contributed by atoms with Crippen LogP contribution < -0.4 is 5.32 Å². The van der Waals surface area contributed by atoms with Gasteiger partial charge in [0.2, 0.25) is 0 Å². The van der Waals surface area contributed by atoms with E-state index in [1.165, 1.54) is 20.5 Å². The fourth-order valence-corrected chi connectivity index (χ4v) is 3.67. The van der Waals surface area contributed by atoms with Crippen molar-refractivity contribution in [1.29, 1.82) is 0 Å². The van der Waals surface area contributed by atoms with Crippen LogP contribution in [0.2, 0.25) is 0 Å². The van der Waals surface area contributed by atoms with Gasteiger partial charge in [-0.1, -0.05) is 18.2 Å². The molecule has 21 heavy (non-hydrogen) atoms. The predicted octanol–water partition coefficient (Wildman–Crippen LogP) is 3.91. The van der Waals surface area contributed by atoms with Crippen LogP contribution in [0.25, 0.3) is 10.1 Å². The monoisotopic (exact) mass is 307 g/mol. The van der Waals surface area contributed by atoms with Crippen molar-refractivity contribution < 1.29 is 9.47 Å². The van der Waals surface area contributed by atoms with Gasteiger partial charge in [0.25, 0.3) is 0 Å². The van der Waals surface area contributed by atoms with E-state index >= 15 is 0 Å². The fraction of sp³-hybridized carbons (Fsp3) is 0.529. The SMILES string of the molecule is COCCOCCCNC(C)c1sc2ccccc2c1C. The third-order valence-corrected chi connectivity index (χ3v) is 5.08. The van der Waals surface area contributed by atoms with Crippen LogP contribution in [0, 0.1) is 6.92 Å². The van der Waals surface area contributed by atoms with Gasteiger partial charge in [0, 0.05) is 29.3 Å². The van der Waals surface area contributed by atoms with Crippen LogP contribution in [0.4, 0.5) is 0 Å². The zero-order valence-electron chi connectivity index (χ0n) is 13.1. The summed E-state index contributed by atoms with van der Waals surface area (Å²) in [4.78, 5) is 1.44. The molecular weight excluding hydrogens is 282 g/mol. The first-order valence-electron chi connectivity index (χ1n) is 7.52. The number of methoxy groups -OCH3 is 1. The number of rotatable bonds is 9. The van der Waals surface area contributed by atoms with Crippen LogP contribution in [0.1, 0.15) is 29.8 Å². The van der Waals surface area contributed by atoms with Crippen molar-refractivity contribution in [2.24, 2.45) is 0 Å². The standard InChI is InChI=1S/C17H25NO2S/c1-13-15-7-4-5-8-16(15)21-17(13)14(2)18-9-6-10-20-12-11-19-3/h4-5,7-8,14,18H,6,9-12H2,1-3H3. The highest BCUT2D eigenvalue weighted by atomic mass is 32.1. The van der Waals surface area contributed by atoms with Gasteiger partial charge in [0.05, 0.1) is 13.2 Å². The molecule has 2 rings (SSSR count). The van der Waals surface area contributed by atoms with Crippen molar-refractivity contribution in [2.75, 3.05) is 33.5 Å². The van der Waals surface area contributed by atoms with E-state index in [1.54, 1.807) is 7.11 Å². The lowest BCUT2D eigenvalue weighted by atomic mass is 10.1. The summed E-state index contributed by atoms with van der Waals surface area (Å²) in [5.74, 6) is 0. The van der Waals surface area contributed by atoms with E-state index in [9.17, 15) is 0 Å². The van der Waals surface area contributed by atoms with E-state index in [1.807, 2.05) is 11.3 Å². The van der Waals surface area contributed by atoms with Crippen molar-refractivity contribution in [3.05, 3.63) is 34.7 Å². The number of aryl methyl sites for hydroxylation is 1. The zero-order valence-corrected chi connectivity index (χ0v) is 14.0. The lowest BCUT2D eigenvalue weighted by molar-refractivity contribution is 0.0693. The van der Waals surface area contributed by atoms with Gasteiger partial charge in [0.1, 0.15) is 0 Å². The third kappa shape index (κ3) is 4.51. The Bertz CT molecular complexity index is 553. The predicted molar refractivity (Wildman–Crippen MR) is 90.3 cm³/mol. The maximum Gasteiger partial charge on any atom is 0.0700 e. The summed E-state index contributed by atoms with van der Waals surface area (Å²) in [5.41, 5.74) is 1.41. The Labute approximate surface area is 131 Å². The Hall–Kier alpha value is -0.940. The van der Waals surface area contributed by atoms with Crippen molar-refractivity contribution in [2.45, 2.75) is 26.3 Å². The van der Waals surface area contributed by atoms with E-state index in [0.29, 0.717) is 19.3 Å². The lowest BCUT2D eigenvalue weighted by Crippen LogP contribution is -2.21. The van der Waals surface area contributed by atoms with Gasteiger partial charge >= 0.3 is 0 Å². The quantitative estimate of drug-likeness (QED) is 0.712. The molecule has 0 aliphatic heterocycles. The Kier molecular flexibility index (Phi) is 6.64. The first-order valence-corrected chi connectivity index (χ1v) is 8.33. The minimum Gasteiger partial charge on any atom is -0.382 e. The molecule has 1 atom stereocenters. The number of benzene rings is 1. The molecule has 0 saturated heterocycles. The molecule has 0 spiro atoms. The summed E-state index contributed by atoms with van der Waals surface area (Å²) < 4.78 is 11.8. The molecule has 116 valence electrons. The van der Waals surface area contributed by atoms with Crippen LogP contribution in [-0.2, 0) is 9.47 Å². The second kappa shape index (κ2) is 8.49. The first kappa shape index (κ1) is 16.4. The molecule has 0 fully saturated rings. The summed E-state index contributed by atoms with van der Waals surface area (Å²) in [7, 11) is 1.69.